The largest absolute Gasteiger partial charge is 0.326 e. The second kappa shape index (κ2) is 6.65. The van der Waals surface area contributed by atoms with Crippen LogP contribution >= 0.6 is 11.6 Å². The molecule has 0 radical (unpaired) electrons. The smallest absolute Gasteiger partial charge is 0.242 e. The van der Waals surface area contributed by atoms with Crippen LogP contribution in [0.1, 0.15) is 38.7 Å². The highest BCUT2D eigenvalue weighted by molar-refractivity contribution is 7.89. The van der Waals surface area contributed by atoms with E-state index in [2.05, 4.69) is 18.6 Å². The molecule has 1 aliphatic rings. The molecule has 0 heterocycles. The maximum atomic E-state index is 12.6. The van der Waals surface area contributed by atoms with E-state index in [4.69, 9.17) is 17.3 Å². The Balaban J connectivity index is 2.26. The maximum absolute atomic E-state index is 12.6. The van der Waals surface area contributed by atoms with Crippen molar-refractivity contribution in [3.8, 4) is 0 Å². The quantitative estimate of drug-likeness (QED) is 0.891. The van der Waals surface area contributed by atoms with Crippen molar-refractivity contribution < 1.29 is 8.42 Å². The van der Waals surface area contributed by atoms with Gasteiger partial charge in [-0.05, 0) is 36.0 Å². The van der Waals surface area contributed by atoms with E-state index in [1.54, 1.807) is 18.2 Å². The third-order valence-electron chi connectivity index (χ3n) is 4.53. The first-order chi connectivity index (χ1) is 9.85. The third-order valence-corrected chi connectivity index (χ3v) is 6.51. The average Bonchev–Trinajstić information content (AvgIpc) is 2.44. The van der Waals surface area contributed by atoms with Crippen LogP contribution in [0.5, 0.6) is 0 Å². The van der Waals surface area contributed by atoms with Crippen LogP contribution < -0.4 is 10.5 Å². The molecule has 3 N–H and O–H groups in total. The fourth-order valence-electron chi connectivity index (χ4n) is 2.89. The van der Waals surface area contributed by atoms with E-state index >= 15 is 0 Å². The Labute approximate surface area is 132 Å². The van der Waals surface area contributed by atoms with Gasteiger partial charge in [-0.2, -0.15) is 0 Å². The zero-order chi connectivity index (χ0) is 15.6. The normalized spacial score (nSPS) is 26.8. The van der Waals surface area contributed by atoms with Gasteiger partial charge in [0.25, 0.3) is 0 Å². The molecule has 0 aromatic heterocycles. The molecule has 118 valence electrons. The van der Waals surface area contributed by atoms with E-state index in [-0.39, 0.29) is 22.5 Å². The third kappa shape index (κ3) is 3.77. The molecule has 0 saturated heterocycles. The standard InChI is InChI=1S/C15H23ClN2O2S/c1-10-4-3-5-14(11(10)2)18-21(19,20)15-8-12(9-17)6-7-13(15)16/h6-8,10-11,14,18H,3-5,9,17H2,1-2H3. The fourth-order valence-corrected chi connectivity index (χ4v) is 4.80. The summed E-state index contributed by atoms with van der Waals surface area (Å²) < 4.78 is 28.0. The lowest BCUT2D eigenvalue weighted by Crippen LogP contribution is -2.43. The summed E-state index contributed by atoms with van der Waals surface area (Å²) in [5.74, 6) is 0.849. The molecule has 1 aromatic rings. The van der Waals surface area contributed by atoms with Crippen molar-refractivity contribution >= 4 is 21.6 Å². The molecular formula is C15H23ClN2O2S. The second-order valence-electron chi connectivity index (χ2n) is 5.96. The Morgan fingerprint density at radius 1 is 1.33 bits per heavy atom. The van der Waals surface area contributed by atoms with E-state index in [0.29, 0.717) is 11.8 Å². The summed E-state index contributed by atoms with van der Waals surface area (Å²) in [7, 11) is -3.62. The van der Waals surface area contributed by atoms with Gasteiger partial charge < -0.3 is 5.73 Å². The van der Waals surface area contributed by atoms with Crippen LogP contribution in [-0.2, 0) is 16.6 Å². The summed E-state index contributed by atoms with van der Waals surface area (Å²) >= 11 is 6.06. The molecular weight excluding hydrogens is 308 g/mol. The average molecular weight is 331 g/mol. The first kappa shape index (κ1) is 16.7. The zero-order valence-corrected chi connectivity index (χ0v) is 14.0. The molecule has 1 fully saturated rings. The predicted molar refractivity (Wildman–Crippen MR) is 85.6 cm³/mol. The number of sulfonamides is 1. The van der Waals surface area contributed by atoms with Crippen molar-refractivity contribution in [2.24, 2.45) is 17.6 Å². The van der Waals surface area contributed by atoms with Crippen LogP contribution in [-0.4, -0.2) is 14.5 Å². The highest BCUT2D eigenvalue weighted by atomic mass is 35.5. The summed E-state index contributed by atoms with van der Waals surface area (Å²) in [6.45, 7) is 4.57. The van der Waals surface area contributed by atoms with Gasteiger partial charge in [0.1, 0.15) is 4.90 Å². The summed E-state index contributed by atoms with van der Waals surface area (Å²) in [6.07, 6.45) is 3.08. The highest BCUT2D eigenvalue weighted by Crippen LogP contribution is 2.31. The van der Waals surface area contributed by atoms with Crippen molar-refractivity contribution in [1.82, 2.24) is 4.72 Å². The molecule has 3 atom stereocenters. The molecule has 0 spiro atoms. The van der Waals surface area contributed by atoms with Gasteiger partial charge in [0.05, 0.1) is 5.02 Å². The molecule has 21 heavy (non-hydrogen) atoms. The Morgan fingerprint density at radius 2 is 2.05 bits per heavy atom. The van der Waals surface area contributed by atoms with E-state index in [1.807, 2.05) is 0 Å². The highest BCUT2D eigenvalue weighted by Gasteiger charge is 2.31. The van der Waals surface area contributed by atoms with Gasteiger partial charge in [0.15, 0.2) is 0 Å². The van der Waals surface area contributed by atoms with E-state index < -0.39 is 10.0 Å². The summed E-state index contributed by atoms with van der Waals surface area (Å²) in [6, 6.07) is 4.86. The number of nitrogens with two attached hydrogens (primary N) is 1. The number of hydrogen-bond donors (Lipinski definition) is 2. The van der Waals surface area contributed by atoms with Crippen LogP contribution in [0, 0.1) is 11.8 Å². The Morgan fingerprint density at radius 3 is 2.71 bits per heavy atom. The van der Waals surface area contributed by atoms with Gasteiger partial charge in [-0.15, -0.1) is 0 Å². The minimum absolute atomic E-state index is 0.0312. The summed E-state index contributed by atoms with van der Waals surface area (Å²) in [5, 5.41) is 0.233. The van der Waals surface area contributed by atoms with Crippen molar-refractivity contribution in [3.05, 3.63) is 28.8 Å². The van der Waals surface area contributed by atoms with Gasteiger partial charge >= 0.3 is 0 Å². The lowest BCUT2D eigenvalue weighted by molar-refractivity contribution is 0.227. The van der Waals surface area contributed by atoms with Crippen molar-refractivity contribution in [2.45, 2.75) is 50.6 Å². The number of rotatable bonds is 4. The lowest BCUT2D eigenvalue weighted by Gasteiger charge is -2.34. The molecule has 0 amide bonds. The van der Waals surface area contributed by atoms with Crippen LogP contribution in [0.15, 0.2) is 23.1 Å². The second-order valence-corrected chi connectivity index (χ2v) is 8.05. The van der Waals surface area contributed by atoms with Crippen molar-refractivity contribution in [3.63, 3.8) is 0 Å². The van der Waals surface area contributed by atoms with Crippen LogP contribution in [0.2, 0.25) is 5.02 Å². The van der Waals surface area contributed by atoms with Crippen molar-refractivity contribution in [2.75, 3.05) is 0 Å². The monoisotopic (exact) mass is 330 g/mol. The van der Waals surface area contributed by atoms with E-state index in [0.717, 1.165) is 24.8 Å². The number of hydrogen-bond acceptors (Lipinski definition) is 3. The predicted octanol–water partition coefficient (Wildman–Crippen LogP) is 2.90. The number of nitrogens with one attached hydrogen (secondary N) is 1. The first-order valence-electron chi connectivity index (χ1n) is 7.36. The maximum Gasteiger partial charge on any atom is 0.242 e. The molecule has 6 heteroatoms. The van der Waals surface area contributed by atoms with Gasteiger partial charge in [-0.3, -0.25) is 0 Å². The Hall–Kier alpha value is -0.620. The minimum atomic E-state index is -3.62. The molecule has 4 nitrogen and oxygen atoms in total. The zero-order valence-electron chi connectivity index (χ0n) is 12.5. The Bertz CT molecular complexity index is 604. The minimum Gasteiger partial charge on any atom is -0.326 e. The molecule has 0 bridgehead atoms. The molecule has 2 rings (SSSR count). The van der Waals surface area contributed by atoms with Crippen molar-refractivity contribution in [1.29, 1.82) is 0 Å². The van der Waals surface area contributed by atoms with Gasteiger partial charge in [-0.25, -0.2) is 13.1 Å². The SMILES string of the molecule is CC1CCCC(NS(=O)(=O)c2cc(CN)ccc2Cl)C1C. The Kier molecular flexibility index (Phi) is 5.30. The van der Waals surface area contributed by atoms with Crippen LogP contribution in [0.4, 0.5) is 0 Å². The molecule has 3 unspecified atom stereocenters. The lowest BCUT2D eigenvalue weighted by atomic mass is 9.78. The summed E-state index contributed by atoms with van der Waals surface area (Å²) in [5.41, 5.74) is 6.33. The molecule has 1 aliphatic carbocycles. The van der Waals surface area contributed by atoms with Crippen LogP contribution in [0.25, 0.3) is 0 Å². The van der Waals surface area contributed by atoms with E-state index in [9.17, 15) is 8.42 Å². The van der Waals surface area contributed by atoms with E-state index in [1.165, 1.54) is 0 Å². The molecule has 1 aromatic carbocycles. The molecule has 0 aliphatic heterocycles. The van der Waals surface area contributed by atoms with Crippen LogP contribution in [0.3, 0.4) is 0 Å². The first-order valence-corrected chi connectivity index (χ1v) is 9.22. The summed E-state index contributed by atoms with van der Waals surface area (Å²) in [4.78, 5) is 0.123. The molecule has 1 saturated carbocycles. The number of halogens is 1. The fraction of sp³-hybridized carbons (Fsp3) is 0.600. The topological polar surface area (TPSA) is 72.2 Å². The van der Waals surface area contributed by atoms with Gasteiger partial charge in [-0.1, -0.05) is 44.4 Å². The van der Waals surface area contributed by atoms with Gasteiger partial charge in [0, 0.05) is 12.6 Å². The van der Waals surface area contributed by atoms with Gasteiger partial charge in [0.2, 0.25) is 10.0 Å². The number of benzene rings is 1.